The van der Waals surface area contributed by atoms with Crippen molar-refractivity contribution < 1.29 is 9.90 Å². The maximum absolute atomic E-state index is 10.9. The van der Waals surface area contributed by atoms with Crippen molar-refractivity contribution in [3.8, 4) is 0 Å². The van der Waals surface area contributed by atoms with Crippen LogP contribution in [0.25, 0.3) is 0 Å². The zero-order valence-electron chi connectivity index (χ0n) is 8.49. The number of nitrogens with one attached hydrogen (secondary N) is 1. The van der Waals surface area contributed by atoms with Gasteiger partial charge in [0.05, 0.1) is 0 Å². The Hall–Kier alpha value is -1.06. The third kappa shape index (κ3) is 2.30. The predicted molar refractivity (Wildman–Crippen MR) is 60.5 cm³/mol. The van der Waals surface area contributed by atoms with Gasteiger partial charge in [-0.2, -0.15) is 0 Å². The predicted octanol–water partition coefficient (Wildman–Crippen LogP) is 1.69. The van der Waals surface area contributed by atoms with E-state index < -0.39 is 12.0 Å². The molecule has 1 aliphatic heterocycles. The fourth-order valence-electron chi connectivity index (χ4n) is 1.91. The monoisotopic (exact) mass is 227 g/mol. The van der Waals surface area contributed by atoms with Crippen LogP contribution in [0.5, 0.6) is 0 Å². The molecule has 2 N–H and O–H groups in total. The van der Waals surface area contributed by atoms with Crippen LogP contribution in [0.1, 0.15) is 22.7 Å². The van der Waals surface area contributed by atoms with Gasteiger partial charge in [-0.05, 0) is 24.5 Å². The van der Waals surface area contributed by atoms with Crippen LogP contribution in [0.4, 0.5) is 0 Å². The van der Waals surface area contributed by atoms with Crippen molar-refractivity contribution in [1.29, 1.82) is 0 Å². The number of rotatable bonds is 1. The summed E-state index contributed by atoms with van der Waals surface area (Å²) in [5, 5.41) is 12.0. The van der Waals surface area contributed by atoms with Crippen molar-refractivity contribution >= 4 is 18.4 Å². The highest BCUT2D eigenvalue weighted by molar-refractivity contribution is 5.85. The topological polar surface area (TPSA) is 49.3 Å². The molecule has 1 heterocycles. The molecule has 4 heteroatoms. The Morgan fingerprint density at radius 3 is 2.93 bits per heavy atom. The molecule has 2 rings (SSSR count). The second-order valence-corrected chi connectivity index (χ2v) is 3.68. The molecule has 0 aliphatic carbocycles. The molecule has 0 saturated carbocycles. The van der Waals surface area contributed by atoms with Crippen LogP contribution in [-0.2, 0) is 11.2 Å². The molecule has 1 aliphatic rings. The molecule has 1 aromatic carbocycles. The lowest BCUT2D eigenvalue weighted by Gasteiger charge is -2.23. The molecule has 1 unspecified atom stereocenters. The number of hydrogen-bond donors (Lipinski definition) is 2. The second kappa shape index (κ2) is 4.64. The zero-order valence-corrected chi connectivity index (χ0v) is 9.30. The normalized spacial score (nSPS) is 18.9. The number of carboxylic acids is 1. The van der Waals surface area contributed by atoms with Gasteiger partial charge in [0.2, 0.25) is 0 Å². The summed E-state index contributed by atoms with van der Waals surface area (Å²) in [5.41, 5.74) is 3.26. The Morgan fingerprint density at radius 1 is 1.53 bits per heavy atom. The molecular weight excluding hydrogens is 214 g/mol. The second-order valence-electron chi connectivity index (χ2n) is 3.68. The smallest absolute Gasteiger partial charge is 0.325 e. The van der Waals surface area contributed by atoms with Gasteiger partial charge >= 0.3 is 5.97 Å². The highest BCUT2D eigenvalue weighted by atomic mass is 35.5. The van der Waals surface area contributed by atoms with Crippen LogP contribution in [-0.4, -0.2) is 17.6 Å². The maximum Gasteiger partial charge on any atom is 0.325 e. The zero-order chi connectivity index (χ0) is 10.1. The molecule has 0 amide bonds. The number of hydrogen-bond acceptors (Lipinski definition) is 2. The molecule has 1 aromatic rings. The fourth-order valence-corrected chi connectivity index (χ4v) is 1.91. The lowest BCUT2D eigenvalue weighted by atomic mass is 9.93. The highest BCUT2D eigenvalue weighted by Gasteiger charge is 2.25. The Morgan fingerprint density at radius 2 is 2.27 bits per heavy atom. The van der Waals surface area contributed by atoms with Gasteiger partial charge in [0.1, 0.15) is 6.04 Å². The van der Waals surface area contributed by atoms with Crippen molar-refractivity contribution in [1.82, 2.24) is 5.32 Å². The molecule has 15 heavy (non-hydrogen) atoms. The summed E-state index contributed by atoms with van der Waals surface area (Å²) in [7, 11) is 0. The summed E-state index contributed by atoms with van der Waals surface area (Å²) in [6, 6.07) is 5.42. The van der Waals surface area contributed by atoms with Crippen molar-refractivity contribution in [2.45, 2.75) is 19.4 Å². The van der Waals surface area contributed by atoms with Gasteiger partial charge in [0.15, 0.2) is 0 Å². The standard InChI is InChI=1S/C11H13NO2.ClH/c1-7-2-3-9-8(6-7)4-5-12-10(9)11(13)14;/h2-3,6,10,12H,4-5H2,1H3,(H,13,14);1H. The van der Waals surface area contributed by atoms with E-state index in [9.17, 15) is 4.79 Å². The number of carbonyl (C=O) groups is 1. The molecule has 1 atom stereocenters. The quantitative estimate of drug-likeness (QED) is 0.768. The van der Waals surface area contributed by atoms with Gasteiger partial charge in [-0.1, -0.05) is 23.8 Å². The number of aliphatic carboxylic acids is 1. The van der Waals surface area contributed by atoms with Crippen molar-refractivity contribution in [2.24, 2.45) is 0 Å². The number of benzene rings is 1. The summed E-state index contributed by atoms with van der Waals surface area (Å²) in [4.78, 5) is 10.9. The van der Waals surface area contributed by atoms with Gasteiger partial charge in [-0.25, -0.2) is 0 Å². The number of carboxylic acid groups (broad SMARTS) is 1. The average Bonchev–Trinajstić information content (AvgIpc) is 2.16. The molecule has 3 nitrogen and oxygen atoms in total. The van der Waals surface area contributed by atoms with Crippen LogP contribution in [0, 0.1) is 6.92 Å². The minimum Gasteiger partial charge on any atom is -0.480 e. The number of aryl methyl sites for hydroxylation is 1. The first kappa shape index (κ1) is 12.0. The van der Waals surface area contributed by atoms with Crippen LogP contribution in [0.2, 0.25) is 0 Å². The van der Waals surface area contributed by atoms with Crippen LogP contribution in [0.3, 0.4) is 0 Å². The summed E-state index contributed by atoms with van der Waals surface area (Å²) >= 11 is 0. The van der Waals surface area contributed by atoms with E-state index in [2.05, 4.69) is 11.4 Å². The van der Waals surface area contributed by atoms with Gasteiger partial charge < -0.3 is 10.4 Å². The van der Waals surface area contributed by atoms with Gasteiger partial charge in [-0.15, -0.1) is 12.4 Å². The van der Waals surface area contributed by atoms with Gasteiger partial charge in [0, 0.05) is 6.54 Å². The molecule has 0 saturated heterocycles. The first-order chi connectivity index (χ1) is 6.68. The van der Waals surface area contributed by atoms with Crippen molar-refractivity contribution in [3.63, 3.8) is 0 Å². The van der Waals surface area contributed by atoms with Crippen LogP contribution < -0.4 is 5.32 Å². The van der Waals surface area contributed by atoms with E-state index in [0.29, 0.717) is 0 Å². The SMILES string of the molecule is Cc1ccc2c(c1)CCNC2C(=O)O.Cl. The van der Waals surface area contributed by atoms with Crippen LogP contribution >= 0.6 is 12.4 Å². The van der Waals surface area contributed by atoms with E-state index in [4.69, 9.17) is 5.11 Å². The third-order valence-electron chi connectivity index (χ3n) is 2.60. The van der Waals surface area contributed by atoms with Crippen LogP contribution in [0.15, 0.2) is 18.2 Å². The summed E-state index contributed by atoms with van der Waals surface area (Å²) in [6.07, 6.45) is 0.917. The first-order valence-electron chi connectivity index (χ1n) is 4.74. The number of fused-ring (bicyclic) bond motifs is 1. The lowest BCUT2D eigenvalue weighted by molar-refractivity contribution is -0.139. The lowest BCUT2D eigenvalue weighted by Crippen LogP contribution is -2.34. The largest absolute Gasteiger partial charge is 0.480 e. The Bertz CT molecular complexity index is 379. The molecule has 0 spiro atoms. The van der Waals surface area contributed by atoms with E-state index in [1.54, 1.807) is 0 Å². The Kier molecular flexibility index (Phi) is 3.72. The van der Waals surface area contributed by atoms with Crippen molar-refractivity contribution in [2.75, 3.05) is 6.54 Å². The summed E-state index contributed by atoms with van der Waals surface area (Å²) in [6.45, 7) is 2.77. The average molecular weight is 228 g/mol. The van der Waals surface area contributed by atoms with Gasteiger partial charge in [0.25, 0.3) is 0 Å². The Labute approximate surface area is 94.9 Å². The molecule has 0 aromatic heterocycles. The minimum atomic E-state index is -0.796. The molecule has 82 valence electrons. The molecule has 0 radical (unpaired) electrons. The van der Waals surface area contributed by atoms with E-state index >= 15 is 0 Å². The molecule has 0 bridgehead atoms. The van der Waals surface area contributed by atoms with E-state index in [0.717, 1.165) is 24.1 Å². The van der Waals surface area contributed by atoms with E-state index in [1.165, 1.54) is 5.56 Å². The molecular formula is C11H14ClNO2. The maximum atomic E-state index is 10.9. The van der Waals surface area contributed by atoms with E-state index in [1.807, 2.05) is 19.1 Å². The summed E-state index contributed by atoms with van der Waals surface area (Å²) in [5.74, 6) is -0.796. The third-order valence-corrected chi connectivity index (χ3v) is 2.60. The van der Waals surface area contributed by atoms with E-state index in [-0.39, 0.29) is 12.4 Å². The minimum absolute atomic E-state index is 0. The number of halogens is 1. The summed E-state index contributed by atoms with van der Waals surface area (Å²) < 4.78 is 0. The first-order valence-corrected chi connectivity index (χ1v) is 4.74. The molecule has 0 fully saturated rings. The Balaban J connectivity index is 0.00000112. The van der Waals surface area contributed by atoms with Crippen molar-refractivity contribution in [3.05, 3.63) is 34.9 Å². The van der Waals surface area contributed by atoms with Gasteiger partial charge in [-0.3, -0.25) is 4.79 Å². The highest BCUT2D eigenvalue weighted by Crippen LogP contribution is 2.23. The fraction of sp³-hybridized carbons (Fsp3) is 0.364.